The molecule has 34 heavy (non-hydrogen) atoms. The van der Waals surface area contributed by atoms with E-state index in [0.717, 1.165) is 0 Å². The molecule has 0 radical (unpaired) electrons. The average Bonchev–Trinajstić information content (AvgIpc) is 2.81. The molecule has 0 aromatic heterocycles. The van der Waals surface area contributed by atoms with Crippen LogP contribution >= 0.6 is 0 Å². The summed E-state index contributed by atoms with van der Waals surface area (Å²) in [5, 5.41) is 36.8. The van der Waals surface area contributed by atoms with Crippen LogP contribution in [0.1, 0.15) is 52.6 Å². The summed E-state index contributed by atoms with van der Waals surface area (Å²) in [6.07, 6.45) is 0. The van der Waals surface area contributed by atoms with Crippen LogP contribution in [0.5, 0.6) is 11.5 Å². The molecule has 0 bridgehead atoms. The Kier molecular flexibility index (Phi) is 7.12. The van der Waals surface area contributed by atoms with Gasteiger partial charge in [-0.2, -0.15) is 0 Å². The van der Waals surface area contributed by atoms with E-state index in [1.165, 1.54) is 60.7 Å². The van der Waals surface area contributed by atoms with E-state index < -0.39 is 23.9 Å². The lowest BCUT2D eigenvalue weighted by Crippen LogP contribution is -2.09. The molecule has 10 nitrogen and oxygen atoms in total. The van der Waals surface area contributed by atoms with Crippen molar-refractivity contribution in [2.45, 2.75) is 13.2 Å². The zero-order valence-corrected chi connectivity index (χ0v) is 17.4. The maximum Gasteiger partial charge on any atom is 0.336 e. The number of hydrogen-bond acceptors (Lipinski definition) is 6. The summed E-state index contributed by atoms with van der Waals surface area (Å²) in [4.78, 5) is 45.1. The third kappa shape index (κ3) is 5.68. The van der Waals surface area contributed by atoms with Gasteiger partial charge in [0.1, 0.15) is 24.7 Å². The highest BCUT2D eigenvalue weighted by Gasteiger charge is 2.15. The number of benzene rings is 3. The van der Waals surface area contributed by atoms with Gasteiger partial charge in [0.05, 0.1) is 22.3 Å². The Hall–Kier alpha value is -4.86. The molecule has 0 amide bonds. The Morgan fingerprint density at radius 2 is 0.882 bits per heavy atom. The van der Waals surface area contributed by atoms with Crippen molar-refractivity contribution >= 4 is 23.9 Å². The molecule has 0 saturated heterocycles. The first-order valence-corrected chi connectivity index (χ1v) is 9.70. The second-order valence-electron chi connectivity index (χ2n) is 7.01. The maximum absolute atomic E-state index is 11.4. The highest BCUT2D eigenvalue weighted by Crippen LogP contribution is 2.22. The third-order valence-corrected chi connectivity index (χ3v) is 4.78. The Morgan fingerprint density at radius 3 is 1.18 bits per heavy atom. The largest absolute Gasteiger partial charge is 0.489 e. The van der Waals surface area contributed by atoms with Crippen LogP contribution in [0.4, 0.5) is 0 Å². The number of carboxylic acids is 4. The fraction of sp³-hybridized carbons (Fsp3) is 0.0833. The summed E-state index contributed by atoms with van der Waals surface area (Å²) in [7, 11) is 0. The molecular formula is C24H18O10. The predicted molar refractivity (Wildman–Crippen MR) is 116 cm³/mol. The summed E-state index contributed by atoms with van der Waals surface area (Å²) in [6, 6.07) is 13.4. The fourth-order valence-corrected chi connectivity index (χ4v) is 3.06. The van der Waals surface area contributed by atoms with Crippen molar-refractivity contribution in [3.8, 4) is 11.5 Å². The first-order chi connectivity index (χ1) is 16.2. The number of ether oxygens (including phenoxy) is 2. The molecule has 3 aromatic rings. The summed E-state index contributed by atoms with van der Waals surface area (Å²) in [5.41, 5.74) is 0.0742. The molecule has 174 valence electrons. The molecule has 4 N–H and O–H groups in total. The van der Waals surface area contributed by atoms with E-state index in [4.69, 9.17) is 19.7 Å². The molecule has 0 aliphatic heterocycles. The van der Waals surface area contributed by atoms with Crippen molar-refractivity contribution in [3.05, 3.63) is 94.0 Å². The van der Waals surface area contributed by atoms with Crippen LogP contribution in [0, 0.1) is 0 Å². The smallest absolute Gasteiger partial charge is 0.336 e. The standard InChI is InChI=1S/C24H18O10/c25-21(26)13-1-7-19(23(29)30)15(9-13)11-33-17-3-5-18(6-4-17)34-12-16-10-14(22(27)28)2-8-20(16)24(31)32/h1-10H,11-12H2,(H,25,26)(H,27,28)(H,29,30)(H,31,32). The van der Waals surface area contributed by atoms with Crippen molar-refractivity contribution < 1.29 is 49.1 Å². The molecule has 0 atom stereocenters. The minimum Gasteiger partial charge on any atom is -0.489 e. The normalized spacial score (nSPS) is 10.4. The van der Waals surface area contributed by atoms with E-state index in [1.54, 1.807) is 0 Å². The number of carbonyl (C=O) groups is 4. The summed E-state index contributed by atoms with van der Waals surface area (Å²) >= 11 is 0. The zero-order valence-electron chi connectivity index (χ0n) is 17.4. The van der Waals surface area contributed by atoms with Crippen LogP contribution in [0.3, 0.4) is 0 Å². The lowest BCUT2D eigenvalue weighted by molar-refractivity contribution is 0.0678. The number of hydrogen-bond donors (Lipinski definition) is 4. The van der Waals surface area contributed by atoms with E-state index in [2.05, 4.69) is 0 Å². The van der Waals surface area contributed by atoms with Crippen LogP contribution < -0.4 is 9.47 Å². The molecule has 0 aliphatic rings. The van der Waals surface area contributed by atoms with Crippen molar-refractivity contribution in [1.29, 1.82) is 0 Å². The first-order valence-electron chi connectivity index (χ1n) is 9.70. The van der Waals surface area contributed by atoms with Crippen LogP contribution in [-0.2, 0) is 13.2 Å². The Morgan fingerprint density at radius 1 is 0.529 bits per heavy atom. The predicted octanol–water partition coefficient (Wildman–Crippen LogP) is 3.64. The van der Waals surface area contributed by atoms with E-state index in [1.807, 2.05) is 0 Å². The minimum atomic E-state index is -1.22. The zero-order chi connectivity index (χ0) is 24.8. The van der Waals surface area contributed by atoms with Gasteiger partial charge >= 0.3 is 23.9 Å². The second-order valence-corrected chi connectivity index (χ2v) is 7.01. The number of carboxylic acid groups (broad SMARTS) is 4. The summed E-state index contributed by atoms with van der Waals surface area (Å²) in [5.74, 6) is -4.12. The molecule has 10 heteroatoms. The summed E-state index contributed by atoms with van der Waals surface area (Å²) < 4.78 is 11.1. The monoisotopic (exact) mass is 466 g/mol. The van der Waals surface area contributed by atoms with E-state index in [0.29, 0.717) is 11.5 Å². The Bertz CT molecular complexity index is 1160. The quantitative estimate of drug-likeness (QED) is 0.346. The van der Waals surface area contributed by atoms with Crippen molar-refractivity contribution in [2.75, 3.05) is 0 Å². The summed E-state index contributed by atoms with van der Waals surface area (Å²) in [6.45, 7) is -0.375. The molecule has 0 unspecified atom stereocenters. The minimum absolute atomic E-state index is 0.0694. The highest BCUT2D eigenvalue weighted by molar-refractivity contribution is 5.94. The van der Waals surface area contributed by atoms with Gasteiger partial charge in [0, 0.05) is 11.1 Å². The molecule has 0 heterocycles. The lowest BCUT2D eigenvalue weighted by Gasteiger charge is -2.12. The molecule has 0 fully saturated rings. The van der Waals surface area contributed by atoms with Gasteiger partial charge < -0.3 is 29.9 Å². The van der Waals surface area contributed by atoms with Gasteiger partial charge in [-0.05, 0) is 60.7 Å². The highest BCUT2D eigenvalue weighted by atomic mass is 16.5. The van der Waals surface area contributed by atoms with Gasteiger partial charge in [-0.15, -0.1) is 0 Å². The average molecular weight is 466 g/mol. The SMILES string of the molecule is O=C(O)c1ccc(C(=O)O)c(COc2ccc(OCc3cc(C(=O)O)ccc3C(=O)O)cc2)c1. The van der Waals surface area contributed by atoms with Crippen LogP contribution in [0.15, 0.2) is 60.7 Å². The number of aromatic carboxylic acids is 4. The van der Waals surface area contributed by atoms with Crippen molar-refractivity contribution in [3.63, 3.8) is 0 Å². The van der Waals surface area contributed by atoms with Gasteiger partial charge in [-0.1, -0.05) is 0 Å². The molecular weight excluding hydrogens is 448 g/mol. The molecule has 0 saturated carbocycles. The van der Waals surface area contributed by atoms with Crippen molar-refractivity contribution in [1.82, 2.24) is 0 Å². The molecule has 0 aliphatic carbocycles. The topological polar surface area (TPSA) is 168 Å². The Labute approximate surface area is 192 Å². The third-order valence-electron chi connectivity index (χ3n) is 4.78. The van der Waals surface area contributed by atoms with Gasteiger partial charge in [-0.25, -0.2) is 19.2 Å². The van der Waals surface area contributed by atoms with Gasteiger partial charge in [-0.3, -0.25) is 0 Å². The van der Waals surface area contributed by atoms with Gasteiger partial charge in [0.2, 0.25) is 0 Å². The van der Waals surface area contributed by atoms with Gasteiger partial charge in [0.25, 0.3) is 0 Å². The van der Waals surface area contributed by atoms with Crippen molar-refractivity contribution in [2.24, 2.45) is 0 Å². The Balaban J connectivity index is 1.69. The van der Waals surface area contributed by atoms with Crippen LogP contribution in [-0.4, -0.2) is 44.3 Å². The lowest BCUT2D eigenvalue weighted by atomic mass is 10.0. The molecule has 0 spiro atoms. The van der Waals surface area contributed by atoms with Crippen LogP contribution in [0.2, 0.25) is 0 Å². The number of rotatable bonds is 10. The van der Waals surface area contributed by atoms with E-state index >= 15 is 0 Å². The first kappa shape index (κ1) is 23.8. The molecule has 3 aromatic carbocycles. The molecule has 3 rings (SSSR count). The van der Waals surface area contributed by atoms with E-state index in [9.17, 15) is 29.4 Å². The second kappa shape index (κ2) is 10.2. The van der Waals surface area contributed by atoms with E-state index in [-0.39, 0.29) is 46.6 Å². The maximum atomic E-state index is 11.4. The van der Waals surface area contributed by atoms with Gasteiger partial charge in [0.15, 0.2) is 0 Å². The van der Waals surface area contributed by atoms with Crippen LogP contribution in [0.25, 0.3) is 0 Å². The fourth-order valence-electron chi connectivity index (χ4n) is 3.06.